The SMILES string of the molecule is COC(=O)c1cc(C(=O)NCCCN(C)C)cc(-c2cc(Cl)sc2Cl)c1. The molecular formula is C18H20Cl2N2O3S. The number of rotatable bonds is 7. The first kappa shape index (κ1) is 20.7. The summed E-state index contributed by atoms with van der Waals surface area (Å²) in [6, 6.07) is 6.55. The minimum absolute atomic E-state index is 0.256. The molecule has 2 rings (SSSR count). The van der Waals surface area contributed by atoms with Crippen LogP contribution in [0.25, 0.3) is 11.1 Å². The molecule has 0 aliphatic carbocycles. The van der Waals surface area contributed by atoms with Crippen molar-refractivity contribution in [2.45, 2.75) is 6.42 Å². The third-order valence-corrected chi connectivity index (χ3v) is 5.14. The molecule has 5 nitrogen and oxygen atoms in total. The van der Waals surface area contributed by atoms with Gasteiger partial charge in [-0.05, 0) is 56.9 Å². The van der Waals surface area contributed by atoms with Gasteiger partial charge in [-0.15, -0.1) is 11.3 Å². The molecule has 1 N–H and O–H groups in total. The Labute approximate surface area is 166 Å². The molecule has 0 radical (unpaired) electrons. The first-order chi connectivity index (χ1) is 12.3. The van der Waals surface area contributed by atoms with Gasteiger partial charge in [-0.25, -0.2) is 4.79 Å². The van der Waals surface area contributed by atoms with E-state index in [1.807, 2.05) is 19.0 Å². The van der Waals surface area contributed by atoms with Crippen LogP contribution in [0.1, 0.15) is 27.1 Å². The third kappa shape index (κ3) is 5.45. The van der Waals surface area contributed by atoms with E-state index >= 15 is 0 Å². The molecule has 0 bridgehead atoms. The van der Waals surface area contributed by atoms with Crippen LogP contribution in [0.3, 0.4) is 0 Å². The topological polar surface area (TPSA) is 58.6 Å². The van der Waals surface area contributed by atoms with E-state index in [0.717, 1.165) is 13.0 Å². The van der Waals surface area contributed by atoms with Crippen LogP contribution in [-0.4, -0.2) is 51.1 Å². The number of thiophene rings is 1. The lowest BCUT2D eigenvalue weighted by Gasteiger charge is -2.11. The second kappa shape index (κ2) is 9.37. The molecule has 26 heavy (non-hydrogen) atoms. The fourth-order valence-corrected chi connectivity index (χ4v) is 3.89. The van der Waals surface area contributed by atoms with Gasteiger partial charge in [0.05, 0.1) is 17.0 Å². The highest BCUT2D eigenvalue weighted by Gasteiger charge is 2.16. The van der Waals surface area contributed by atoms with Crippen molar-refractivity contribution in [3.63, 3.8) is 0 Å². The van der Waals surface area contributed by atoms with Crippen molar-refractivity contribution in [1.29, 1.82) is 0 Å². The summed E-state index contributed by atoms with van der Waals surface area (Å²) < 4.78 is 5.82. The normalized spacial score (nSPS) is 10.8. The van der Waals surface area contributed by atoms with Crippen LogP contribution in [-0.2, 0) is 4.74 Å². The first-order valence-electron chi connectivity index (χ1n) is 7.93. The highest BCUT2D eigenvalue weighted by atomic mass is 35.5. The molecule has 0 spiro atoms. The van der Waals surface area contributed by atoms with E-state index < -0.39 is 5.97 Å². The maximum Gasteiger partial charge on any atom is 0.337 e. The van der Waals surface area contributed by atoms with Crippen LogP contribution < -0.4 is 5.32 Å². The van der Waals surface area contributed by atoms with Gasteiger partial charge in [0, 0.05) is 17.7 Å². The van der Waals surface area contributed by atoms with Gasteiger partial charge in [0.15, 0.2) is 0 Å². The van der Waals surface area contributed by atoms with Crippen molar-refractivity contribution in [2.75, 3.05) is 34.3 Å². The molecule has 0 aliphatic heterocycles. The molecule has 1 aromatic heterocycles. The summed E-state index contributed by atoms with van der Waals surface area (Å²) in [6.45, 7) is 1.41. The Morgan fingerprint density at radius 2 is 1.85 bits per heavy atom. The number of esters is 1. The molecule has 8 heteroatoms. The van der Waals surface area contributed by atoms with Crippen molar-refractivity contribution < 1.29 is 14.3 Å². The van der Waals surface area contributed by atoms with Crippen molar-refractivity contribution in [2.24, 2.45) is 0 Å². The van der Waals surface area contributed by atoms with Gasteiger partial charge < -0.3 is 15.0 Å². The fraction of sp³-hybridized carbons (Fsp3) is 0.333. The Morgan fingerprint density at radius 3 is 2.42 bits per heavy atom. The minimum atomic E-state index is -0.522. The van der Waals surface area contributed by atoms with E-state index in [1.165, 1.54) is 24.5 Å². The van der Waals surface area contributed by atoms with Crippen molar-refractivity contribution in [1.82, 2.24) is 10.2 Å². The third-order valence-electron chi connectivity index (χ3n) is 3.65. The average molecular weight is 415 g/mol. The lowest BCUT2D eigenvalue weighted by atomic mass is 10.0. The van der Waals surface area contributed by atoms with E-state index in [1.54, 1.807) is 18.2 Å². The molecule has 0 unspecified atom stereocenters. The molecule has 1 heterocycles. The van der Waals surface area contributed by atoms with Crippen molar-refractivity contribution in [3.05, 3.63) is 44.1 Å². The van der Waals surface area contributed by atoms with Crippen molar-refractivity contribution >= 4 is 46.4 Å². The fourth-order valence-electron chi connectivity index (χ4n) is 2.39. The van der Waals surface area contributed by atoms with Gasteiger partial charge in [-0.3, -0.25) is 4.79 Å². The Bertz CT molecular complexity index is 806. The number of hydrogen-bond acceptors (Lipinski definition) is 5. The lowest BCUT2D eigenvalue weighted by molar-refractivity contribution is 0.0601. The number of amides is 1. The molecule has 0 atom stereocenters. The number of carbonyl (C=O) groups is 2. The van der Waals surface area contributed by atoms with Gasteiger partial charge in [-0.1, -0.05) is 23.2 Å². The predicted molar refractivity (Wildman–Crippen MR) is 107 cm³/mol. The van der Waals surface area contributed by atoms with E-state index in [-0.39, 0.29) is 11.5 Å². The first-order valence-corrected chi connectivity index (χ1v) is 9.50. The van der Waals surface area contributed by atoms with E-state index in [2.05, 4.69) is 5.32 Å². The number of halogens is 2. The monoisotopic (exact) mass is 414 g/mol. The Balaban J connectivity index is 2.30. The van der Waals surface area contributed by atoms with Crippen LogP contribution in [0.15, 0.2) is 24.3 Å². The second-order valence-corrected chi connectivity index (χ2v) is 8.23. The van der Waals surface area contributed by atoms with E-state index in [9.17, 15) is 9.59 Å². The van der Waals surface area contributed by atoms with Crippen LogP contribution >= 0.6 is 34.5 Å². The van der Waals surface area contributed by atoms with E-state index in [0.29, 0.717) is 31.9 Å². The maximum absolute atomic E-state index is 12.5. The summed E-state index contributed by atoms with van der Waals surface area (Å²) in [5.74, 6) is -0.779. The average Bonchev–Trinajstić information content (AvgIpc) is 2.95. The molecule has 0 aliphatic rings. The van der Waals surface area contributed by atoms with Gasteiger partial charge in [-0.2, -0.15) is 0 Å². The zero-order valence-corrected chi connectivity index (χ0v) is 17.1. The number of hydrogen-bond donors (Lipinski definition) is 1. The molecule has 1 aromatic carbocycles. The van der Waals surface area contributed by atoms with Crippen LogP contribution in [0, 0.1) is 0 Å². The molecule has 2 aromatic rings. The maximum atomic E-state index is 12.5. The molecular weight excluding hydrogens is 395 g/mol. The van der Waals surface area contributed by atoms with Gasteiger partial charge in [0.1, 0.15) is 4.34 Å². The Morgan fingerprint density at radius 1 is 1.15 bits per heavy atom. The number of ether oxygens (including phenoxy) is 1. The largest absolute Gasteiger partial charge is 0.465 e. The summed E-state index contributed by atoms with van der Waals surface area (Å²) in [5.41, 5.74) is 1.96. The number of nitrogens with one attached hydrogen (secondary N) is 1. The summed E-state index contributed by atoms with van der Waals surface area (Å²) in [6.07, 6.45) is 0.828. The smallest absolute Gasteiger partial charge is 0.337 e. The number of nitrogens with zero attached hydrogens (tertiary/aromatic N) is 1. The van der Waals surface area contributed by atoms with Gasteiger partial charge in [0.25, 0.3) is 5.91 Å². The Kier molecular flexibility index (Phi) is 7.46. The van der Waals surface area contributed by atoms with Gasteiger partial charge >= 0.3 is 5.97 Å². The molecule has 140 valence electrons. The predicted octanol–water partition coefficient (Wildman–Crippen LogP) is 4.19. The molecule has 0 saturated carbocycles. The summed E-state index contributed by atoms with van der Waals surface area (Å²) >= 11 is 13.5. The molecule has 0 saturated heterocycles. The van der Waals surface area contributed by atoms with Crippen LogP contribution in [0.2, 0.25) is 8.67 Å². The molecule has 0 fully saturated rings. The highest BCUT2D eigenvalue weighted by molar-refractivity contribution is 7.20. The number of benzene rings is 1. The minimum Gasteiger partial charge on any atom is -0.465 e. The lowest BCUT2D eigenvalue weighted by Crippen LogP contribution is -2.27. The van der Waals surface area contributed by atoms with Crippen LogP contribution in [0.5, 0.6) is 0 Å². The zero-order chi connectivity index (χ0) is 19.3. The summed E-state index contributed by atoms with van der Waals surface area (Å²) in [4.78, 5) is 26.5. The second-order valence-electron chi connectivity index (χ2n) is 5.94. The number of carbonyl (C=O) groups excluding carboxylic acids is 2. The standard InChI is InChI=1S/C18H20Cl2N2O3S/c1-22(2)6-4-5-21-17(23)12-7-11(8-13(9-12)18(24)25-3)14-10-15(19)26-16(14)20/h7-10H,4-6H2,1-3H3,(H,21,23). The Hall–Kier alpha value is -1.60. The number of methoxy groups -OCH3 is 1. The quantitative estimate of drug-likeness (QED) is 0.544. The highest BCUT2D eigenvalue weighted by Crippen LogP contribution is 2.38. The summed E-state index contributed by atoms with van der Waals surface area (Å²) in [5, 5.41) is 2.86. The van der Waals surface area contributed by atoms with Gasteiger partial charge in [0.2, 0.25) is 0 Å². The molecule has 1 amide bonds. The van der Waals surface area contributed by atoms with Crippen molar-refractivity contribution in [3.8, 4) is 11.1 Å². The van der Waals surface area contributed by atoms with E-state index in [4.69, 9.17) is 27.9 Å². The zero-order valence-electron chi connectivity index (χ0n) is 14.8. The van der Waals surface area contributed by atoms with Crippen LogP contribution in [0.4, 0.5) is 0 Å². The summed E-state index contributed by atoms with van der Waals surface area (Å²) in [7, 11) is 5.25.